The summed E-state index contributed by atoms with van der Waals surface area (Å²) in [6, 6.07) is 0.501. The highest BCUT2D eigenvalue weighted by Crippen LogP contribution is 2.33. The van der Waals surface area contributed by atoms with Crippen molar-refractivity contribution < 1.29 is 14.1 Å². The molecule has 8 heteroatoms. The summed E-state index contributed by atoms with van der Waals surface area (Å²) in [7, 11) is 3.82. The van der Waals surface area contributed by atoms with Gasteiger partial charge in [-0.05, 0) is 32.7 Å². The minimum absolute atomic E-state index is 0.0141. The van der Waals surface area contributed by atoms with Crippen LogP contribution in [0.3, 0.4) is 0 Å². The van der Waals surface area contributed by atoms with Crippen LogP contribution in [-0.4, -0.2) is 64.5 Å². The second kappa shape index (κ2) is 8.82. The lowest BCUT2D eigenvalue weighted by Gasteiger charge is -2.27. The molecule has 1 saturated carbocycles. The Labute approximate surface area is 160 Å². The van der Waals surface area contributed by atoms with Crippen molar-refractivity contribution in [3.05, 3.63) is 11.7 Å². The number of carbonyl (C=O) groups excluding carboxylic acids is 2. The van der Waals surface area contributed by atoms with Crippen molar-refractivity contribution in [1.82, 2.24) is 25.3 Å². The van der Waals surface area contributed by atoms with Crippen molar-refractivity contribution in [2.24, 2.45) is 0 Å². The SMILES string of the molecule is CC(=O)NC[C@H]1CC[C@@H](CC(=O)N(C)Cc2noc(C3CCCC3)n2)N1C. The van der Waals surface area contributed by atoms with Crippen LogP contribution in [0.2, 0.25) is 0 Å². The molecule has 1 aromatic rings. The van der Waals surface area contributed by atoms with Crippen molar-refractivity contribution in [2.75, 3.05) is 20.6 Å². The minimum atomic E-state index is -0.0141. The number of hydrogen-bond acceptors (Lipinski definition) is 6. The fraction of sp³-hybridized carbons (Fsp3) is 0.789. The molecule has 0 radical (unpaired) electrons. The van der Waals surface area contributed by atoms with Gasteiger partial charge >= 0.3 is 0 Å². The van der Waals surface area contributed by atoms with E-state index < -0.39 is 0 Å². The van der Waals surface area contributed by atoms with Crippen LogP contribution in [0.15, 0.2) is 4.52 Å². The molecule has 0 spiro atoms. The number of rotatable bonds is 7. The Bertz CT molecular complexity index is 656. The van der Waals surface area contributed by atoms with E-state index in [0.29, 0.717) is 37.3 Å². The predicted molar refractivity (Wildman–Crippen MR) is 99.9 cm³/mol. The molecule has 0 bridgehead atoms. The predicted octanol–water partition coefficient (Wildman–Crippen LogP) is 1.67. The van der Waals surface area contributed by atoms with Crippen LogP contribution < -0.4 is 5.32 Å². The number of carbonyl (C=O) groups is 2. The van der Waals surface area contributed by atoms with Crippen LogP contribution in [0.25, 0.3) is 0 Å². The number of aromatic nitrogens is 2. The molecule has 8 nitrogen and oxygen atoms in total. The molecule has 2 heterocycles. The third-order valence-electron chi connectivity index (χ3n) is 5.97. The maximum Gasteiger partial charge on any atom is 0.229 e. The average Bonchev–Trinajstić information content (AvgIpc) is 3.36. The Balaban J connectivity index is 1.47. The fourth-order valence-electron chi connectivity index (χ4n) is 4.17. The van der Waals surface area contributed by atoms with Crippen molar-refractivity contribution in [2.45, 2.75) is 76.4 Å². The van der Waals surface area contributed by atoms with Crippen molar-refractivity contribution in [3.63, 3.8) is 0 Å². The molecule has 2 amide bonds. The van der Waals surface area contributed by atoms with Gasteiger partial charge in [0.1, 0.15) is 0 Å². The van der Waals surface area contributed by atoms with Crippen molar-refractivity contribution in [1.29, 1.82) is 0 Å². The maximum absolute atomic E-state index is 12.6. The highest BCUT2D eigenvalue weighted by atomic mass is 16.5. The number of hydrogen-bond donors (Lipinski definition) is 1. The monoisotopic (exact) mass is 377 g/mol. The number of nitrogens with one attached hydrogen (secondary N) is 1. The fourth-order valence-corrected chi connectivity index (χ4v) is 4.17. The summed E-state index contributed by atoms with van der Waals surface area (Å²) in [4.78, 5) is 32.1. The van der Waals surface area contributed by atoms with E-state index in [1.54, 1.807) is 11.9 Å². The maximum atomic E-state index is 12.6. The van der Waals surface area contributed by atoms with E-state index >= 15 is 0 Å². The summed E-state index contributed by atoms with van der Waals surface area (Å²) in [5.41, 5.74) is 0. The number of nitrogens with zero attached hydrogens (tertiary/aromatic N) is 4. The van der Waals surface area contributed by atoms with E-state index in [9.17, 15) is 9.59 Å². The zero-order valence-electron chi connectivity index (χ0n) is 16.6. The molecule has 1 N–H and O–H groups in total. The molecule has 1 saturated heterocycles. The molecular weight excluding hydrogens is 346 g/mol. The molecule has 27 heavy (non-hydrogen) atoms. The lowest BCUT2D eigenvalue weighted by Crippen LogP contribution is -2.42. The average molecular weight is 377 g/mol. The molecule has 2 fully saturated rings. The zero-order chi connectivity index (χ0) is 19.4. The van der Waals surface area contributed by atoms with Gasteiger partial charge in [-0.15, -0.1) is 0 Å². The van der Waals surface area contributed by atoms with Gasteiger partial charge in [-0.1, -0.05) is 18.0 Å². The summed E-state index contributed by atoms with van der Waals surface area (Å²) >= 11 is 0. The highest BCUT2D eigenvalue weighted by Gasteiger charge is 2.32. The molecule has 1 aliphatic carbocycles. The van der Waals surface area contributed by atoms with Gasteiger partial charge in [-0.25, -0.2) is 0 Å². The largest absolute Gasteiger partial charge is 0.355 e. The summed E-state index contributed by atoms with van der Waals surface area (Å²) in [5, 5.41) is 6.92. The highest BCUT2D eigenvalue weighted by molar-refractivity contribution is 5.76. The van der Waals surface area contributed by atoms with Gasteiger partial charge in [-0.3, -0.25) is 14.5 Å². The van der Waals surface area contributed by atoms with E-state index in [1.807, 2.05) is 7.05 Å². The molecule has 1 aromatic heterocycles. The smallest absolute Gasteiger partial charge is 0.229 e. The molecule has 0 unspecified atom stereocenters. The number of likely N-dealkylation sites (tertiary alicyclic amines) is 1. The second-order valence-electron chi connectivity index (χ2n) is 7.97. The Kier molecular flexibility index (Phi) is 6.46. The first-order chi connectivity index (χ1) is 12.9. The number of amides is 2. The van der Waals surface area contributed by atoms with Gasteiger partial charge in [-0.2, -0.15) is 4.98 Å². The molecule has 150 valence electrons. The standard InChI is InChI=1S/C19H31N5O3/c1-13(25)20-11-16-9-8-15(24(16)3)10-18(26)23(2)12-17-21-19(27-22-17)14-6-4-5-7-14/h14-16H,4-12H2,1-3H3,(H,20,25)/t15-,16+/m0/s1. The van der Waals surface area contributed by atoms with E-state index in [4.69, 9.17) is 4.52 Å². The van der Waals surface area contributed by atoms with Crippen molar-refractivity contribution >= 4 is 11.8 Å². The third kappa shape index (κ3) is 5.06. The van der Waals surface area contributed by atoms with E-state index in [2.05, 4.69) is 20.4 Å². The molecule has 0 aromatic carbocycles. The molecule has 1 aliphatic heterocycles. The van der Waals surface area contributed by atoms with Crippen molar-refractivity contribution in [3.8, 4) is 0 Å². The van der Waals surface area contributed by atoms with Gasteiger partial charge in [0.25, 0.3) is 0 Å². The Morgan fingerprint density at radius 2 is 1.93 bits per heavy atom. The first kappa shape index (κ1) is 19.8. The Hall–Kier alpha value is -1.96. The topological polar surface area (TPSA) is 91.6 Å². The first-order valence-electron chi connectivity index (χ1n) is 9.97. The lowest BCUT2D eigenvalue weighted by molar-refractivity contribution is -0.131. The van der Waals surface area contributed by atoms with Crippen LogP contribution in [0.4, 0.5) is 0 Å². The lowest BCUT2D eigenvalue weighted by atomic mass is 10.1. The molecule has 2 atom stereocenters. The van der Waals surface area contributed by atoms with E-state index in [-0.39, 0.29) is 17.9 Å². The number of likely N-dealkylation sites (N-methyl/N-ethyl adjacent to an activating group) is 1. The summed E-state index contributed by atoms with van der Waals surface area (Å²) in [5.74, 6) is 1.76. The van der Waals surface area contributed by atoms with Gasteiger partial charge < -0.3 is 14.7 Å². The van der Waals surface area contributed by atoms with Gasteiger partial charge in [0, 0.05) is 44.9 Å². The van der Waals surface area contributed by atoms with Crippen LogP contribution in [-0.2, 0) is 16.1 Å². The molecular formula is C19H31N5O3. The van der Waals surface area contributed by atoms with Crippen LogP contribution in [0.1, 0.15) is 69.5 Å². The van der Waals surface area contributed by atoms with Crippen LogP contribution in [0, 0.1) is 0 Å². The van der Waals surface area contributed by atoms with Gasteiger partial charge in [0.15, 0.2) is 5.82 Å². The summed E-state index contributed by atoms with van der Waals surface area (Å²) < 4.78 is 5.40. The first-order valence-corrected chi connectivity index (χ1v) is 9.97. The normalized spacial score (nSPS) is 23.7. The summed E-state index contributed by atoms with van der Waals surface area (Å²) in [6.07, 6.45) is 7.10. The Morgan fingerprint density at radius 1 is 1.22 bits per heavy atom. The van der Waals surface area contributed by atoms with Crippen LogP contribution >= 0.6 is 0 Å². The summed E-state index contributed by atoms with van der Waals surface area (Å²) in [6.45, 7) is 2.54. The second-order valence-corrected chi connectivity index (χ2v) is 7.97. The zero-order valence-corrected chi connectivity index (χ0v) is 16.6. The quantitative estimate of drug-likeness (QED) is 0.777. The van der Waals surface area contributed by atoms with Gasteiger partial charge in [0.2, 0.25) is 17.7 Å². The van der Waals surface area contributed by atoms with E-state index in [0.717, 1.165) is 31.6 Å². The molecule has 3 rings (SSSR count). The van der Waals surface area contributed by atoms with Crippen LogP contribution in [0.5, 0.6) is 0 Å². The third-order valence-corrected chi connectivity index (χ3v) is 5.97. The minimum Gasteiger partial charge on any atom is -0.355 e. The molecule has 2 aliphatic rings. The van der Waals surface area contributed by atoms with E-state index in [1.165, 1.54) is 19.8 Å². The van der Waals surface area contributed by atoms with Gasteiger partial charge in [0.05, 0.1) is 6.54 Å². The Morgan fingerprint density at radius 3 is 2.63 bits per heavy atom.